The predicted octanol–water partition coefficient (Wildman–Crippen LogP) is 2.06. The van der Waals surface area contributed by atoms with E-state index in [0.29, 0.717) is 35.1 Å². The van der Waals surface area contributed by atoms with Crippen molar-refractivity contribution in [3.8, 4) is 0 Å². The Kier molecular flexibility index (Phi) is 3.72. The number of nitrogens with one attached hydrogen (secondary N) is 1. The summed E-state index contributed by atoms with van der Waals surface area (Å²) in [7, 11) is 0. The summed E-state index contributed by atoms with van der Waals surface area (Å²) in [5.41, 5.74) is 0.294. The van der Waals surface area contributed by atoms with E-state index in [1.165, 1.54) is 6.26 Å². The van der Waals surface area contributed by atoms with Gasteiger partial charge in [0.25, 0.3) is 5.91 Å². The monoisotopic (exact) mass is 290 g/mol. The molecule has 7 nitrogen and oxygen atoms in total. The van der Waals surface area contributed by atoms with Gasteiger partial charge < -0.3 is 14.3 Å². The Morgan fingerprint density at radius 2 is 2.24 bits per heavy atom. The lowest BCUT2D eigenvalue weighted by Gasteiger charge is -1.98. The third kappa shape index (κ3) is 3.48. The average Bonchev–Trinajstić information content (AvgIpc) is 3.00. The second-order valence-electron chi connectivity index (χ2n) is 5.73. The molecule has 0 aromatic carbocycles. The number of hydrogen-bond donors (Lipinski definition) is 1. The SMILES string of the molecule is CC(C)Cc1nc(CNC(=O)c2coc(C3CC3)n2)no1. The molecule has 0 aliphatic heterocycles. The van der Waals surface area contributed by atoms with Crippen LogP contribution in [0.25, 0.3) is 0 Å². The van der Waals surface area contributed by atoms with Crippen LogP contribution in [0.4, 0.5) is 0 Å². The molecule has 1 saturated carbocycles. The van der Waals surface area contributed by atoms with Crippen molar-refractivity contribution in [3.05, 3.63) is 29.6 Å². The molecule has 2 heterocycles. The minimum absolute atomic E-state index is 0.214. The maximum atomic E-state index is 11.9. The molecule has 0 bridgehead atoms. The second kappa shape index (κ2) is 5.67. The van der Waals surface area contributed by atoms with Crippen LogP contribution in [0, 0.1) is 5.92 Å². The molecule has 0 atom stereocenters. The molecule has 2 aromatic rings. The van der Waals surface area contributed by atoms with Gasteiger partial charge in [0.1, 0.15) is 6.26 Å². The number of carbonyl (C=O) groups excluding carboxylic acids is 1. The minimum Gasteiger partial charge on any atom is -0.448 e. The van der Waals surface area contributed by atoms with Gasteiger partial charge in [0.05, 0.1) is 6.54 Å². The molecule has 21 heavy (non-hydrogen) atoms. The Bertz CT molecular complexity index is 628. The van der Waals surface area contributed by atoms with Gasteiger partial charge in [-0.25, -0.2) is 4.98 Å². The van der Waals surface area contributed by atoms with E-state index in [0.717, 1.165) is 19.3 Å². The Balaban J connectivity index is 1.53. The van der Waals surface area contributed by atoms with E-state index in [2.05, 4.69) is 34.3 Å². The molecular formula is C14H18N4O3. The van der Waals surface area contributed by atoms with Crippen LogP contribution in [0.1, 0.15) is 60.7 Å². The summed E-state index contributed by atoms with van der Waals surface area (Å²) in [4.78, 5) is 20.3. The molecule has 0 saturated heterocycles. The summed E-state index contributed by atoms with van der Waals surface area (Å²) >= 11 is 0. The maximum Gasteiger partial charge on any atom is 0.273 e. The molecule has 7 heteroatoms. The lowest BCUT2D eigenvalue weighted by molar-refractivity contribution is 0.0944. The minimum atomic E-state index is -0.291. The van der Waals surface area contributed by atoms with Crippen molar-refractivity contribution in [3.63, 3.8) is 0 Å². The molecular weight excluding hydrogens is 272 g/mol. The molecule has 0 radical (unpaired) electrons. The first-order valence-corrected chi connectivity index (χ1v) is 7.17. The van der Waals surface area contributed by atoms with Crippen molar-refractivity contribution in [1.29, 1.82) is 0 Å². The summed E-state index contributed by atoms with van der Waals surface area (Å²) in [6, 6.07) is 0. The molecule has 2 aromatic heterocycles. The van der Waals surface area contributed by atoms with E-state index < -0.39 is 0 Å². The first kappa shape index (κ1) is 13.8. The summed E-state index contributed by atoms with van der Waals surface area (Å²) in [6.07, 6.45) is 4.30. The van der Waals surface area contributed by atoms with E-state index in [4.69, 9.17) is 8.94 Å². The van der Waals surface area contributed by atoms with E-state index in [1.54, 1.807) is 0 Å². The summed E-state index contributed by atoms with van der Waals surface area (Å²) in [5.74, 6) is 2.25. The van der Waals surface area contributed by atoms with Crippen LogP contribution >= 0.6 is 0 Å². The lowest BCUT2D eigenvalue weighted by atomic mass is 10.1. The highest BCUT2D eigenvalue weighted by Crippen LogP contribution is 2.39. The lowest BCUT2D eigenvalue weighted by Crippen LogP contribution is -2.23. The molecule has 112 valence electrons. The predicted molar refractivity (Wildman–Crippen MR) is 72.5 cm³/mol. The fourth-order valence-corrected chi connectivity index (χ4v) is 1.95. The van der Waals surface area contributed by atoms with E-state index >= 15 is 0 Å². The van der Waals surface area contributed by atoms with Crippen molar-refractivity contribution in [1.82, 2.24) is 20.4 Å². The fraction of sp³-hybridized carbons (Fsp3) is 0.571. The van der Waals surface area contributed by atoms with Gasteiger partial charge in [-0.05, 0) is 18.8 Å². The number of aromatic nitrogens is 3. The number of hydrogen-bond acceptors (Lipinski definition) is 6. The summed E-state index contributed by atoms with van der Waals surface area (Å²) < 4.78 is 10.4. The summed E-state index contributed by atoms with van der Waals surface area (Å²) in [6.45, 7) is 4.37. The van der Waals surface area contributed by atoms with Crippen LogP contribution in [0.5, 0.6) is 0 Å². The molecule has 0 spiro atoms. The molecule has 1 aliphatic rings. The first-order valence-electron chi connectivity index (χ1n) is 7.17. The van der Waals surface area contributed by atoms with Gasteiger partial charge in [-0.3, -0.25) is 4.79 Å². The third-order valence-corrected chi connectivity index (χ3v) is 3.18. The molecule has 1 aliphatic carbocycles. The van der Waals surface area contributed by atoms with Crippen molar-refractivity contribution in [2.75, 3.05) is 0 Å². The molecule has 1 amide bonds. The van der Waals surface area contributed by atoms with Gasteiger partial charge in [-0.2, -0.15) is 4.98 Å². The average molecular weight is 290 g/mol. The first-order chi connectivity index (χ1) is 10.1. The molecule has 1 fully saturated rings. The van der Waals surface area contributed by atoms with Gasteiger partial charge in [-0.1, -0.05) is 19.0 Å². The Morgan fingerprint density at radius 1 is 1.43 bits per heavy atom. The van der Waals surface area contributed by atoms with Crippen LogP contribution in [-0.4, -0.2) is 21.0 Å². The highest BCUT2D eigenvalue weighted by molar-refractivity contribution is 5.91. The van der Waals surface area contributed by atoms with Crippen molar-refractivity contribution < 1.29 is 13.7 Å². The quantitative estimate of drug-likeness (QED) is 0.875. The van der Waals surface area contributed by atoms with Crippen LogP contribution in [0.3, 0.4) is 0 Å². The van der Waals surface area contributed by atoms with Gasteiger partial charge in [0.15, 0.2) is 17.4 Å². The van der Waals surface area contributed by atoms with Crippen LogP contribution in [0.2, 0.25) is 0 Å². The number of amides is 1. The fourth-order valence-electron chi connectivity index (χ4n) is 1.95. The van der Waals surface area contributed by atoms with Crippen molar-refractivity contribution >= 4 is 5.91 Å². The van der Waals surface area contributed by atoms with E-state index in [9.17, 15) is 4.79 Å². The molecule has 3 rings (SSSR count). The largest absolute Gasteiger partial charge is 0.448 e. The Hall–Kier alpha value is -2.18. The van der Waals surface area contributed by atoms with Gasteiger partial charge in [0, 0.05) is 12.3 Å². The van der Waals surface area contributed by atoms with Crippen LogP contribution in [-0.2, 0) is 13.0 Å². The highest BCUT2D eigenvalue weighted by Gasteiger charge is 2.29. The smallest absolute Gasteiger partial charge is 0.273 e. The molecule has 0 unspecified atom stereocenters. The zero-order chi connectivity index (χ0) is 14.8. The number of rotatable bonds is 6. The van der Waals surface area contributed by atoms with Crippen molar-refractivity contribution in [2.45, 2.75) is 45.6 Å². The van der Waals surface area contributed by atoms with Crippen LogP contribution < -0.4 is 5.32 Å². The third-order valence-electron chi connectivity index (χ3n) is 3.18. The zero-order valence-electron chi connectivity index (χ0n) is 12.1. The topological polar surface area (TPSA) is 94.1 Å². The number of carbonyl (C=O) groups is 1. The van der Waals surface area contributed by atoms with Crippen molar-refractivity contribution in [2.24, 2.45) is 5.92 Å². The highest BCUT2D eigenvalue weighted by atomic mass is 16.5. The maximum absolute atomic E-state index is 11.9. The Labute approximate surface area is 122 Å². The second-order valence-corrected chi connectivity index (χ2v) is 5.73. The summed E-state index contributed by atoms with van der Waals surface area (Å²) in [5, 5.41) is 6.54. The molecule has 1 N–H and O–H groups in total. The van der Waals surface area contributed by atoms with Gasteiger partial charge in [0.2, 0.25) is 5.89 Å². The number of nitrogens with zero attached hydrogens (tertiary/aromatic N) is 3. The van der Waals surface area contributed by atoms with E-state index in [-0.39, 0.29) is 12.5 Å². The van der Waals surface area contributed by atoms with Gasteiger partial charge >= 0.3 is 0 Å². The standard InChI is InChI=1S/C14H18N4O3/c1-8(2)5-12-17-11(18-21-12)6-15-13(19)10-7-20-14(16-10)9-3-4-9/h7-9H,3-6H2,1-2H3,(H,15,19). The number of oxazole rings is 1. The Morgan fingerprint density at radius 3 is 2.95 bits per heavy atom. The zero-order valence-corrected chi connectivity index (χ0v) is 12.1. The van der Waals surface area contributed by atoms with Crippen LogP contribution in [0.15, 0.2) is 15.2 Å². The van der Waals surface area contributed by atoms with E-state index in [1.807, 2.05) is 0 Å². The van der Waals surface area contributed by atoms with Gasteiger partial charge in [-0.15, -0.1) is 0 Å². The normalized spacial score (nSPS) is 14.6.